The average molecular weight is 1030 g/mol. The fraction of sp³-hybridized carbons (Fsp3) is 0.653. The van der Waals surface area contributed by atoms with Gasteiger partial charge in [-0.05, 0) is 87.1 Å². The normalized spacial score (nSPS) is 14.1. The summed E-state index contributed by atoms with van der Waals surface area (Å²) in [5.41, 5.74) is 23.5. The molecule has 0 unspecified atom stereocenters. The molecule has 0 heterocycles. The third kappa shape index (κ3) is 25.9. The van der Waals surface area contributed by atoms with Crippen molar-refractivity contribution >= 4 is 65.0 Å². The fourth-order valence-corrected chi connectivity index (χ4v) is 7.53. The molecule has 24 heteroatoms. The van der Waals surface area contributed by atoms with Gasteiger partial charge in [0.1, 0.15) is 48.1 Å². The first-order chi connectivity index (χ1) is 34.1. The van der Waals surface area contributed by atoms with Crippen molar-refractivity contribution in [3.05, 3.63) is 35.4 Å². The quantitative estimate of drug-likeness (QED) is 0.0234. The van der Waals surface area contributed by atoms with E-state index in [1.54, 1.807) is 52.0 Å². The Balaban J connectivity index is 3.46. The Morgan fingerprint density at radius 1 is 0.562 bits per heavy atom. The van der Waals surface area contributed by atoms with Crippen LogP contribution in [0.25, 0.3) is 0 Å². The molecule has 0 aromatic heterocycles. The fourth-order valence-electron chi connectivity index (χ4n) is 7.53. The van der Waals surface area contributed by atoms with Gasteiger partial charge in [0.05, 0.1) is 6.42 Å². The van der Waals surface area contributed by atoms with Gasteiger partial charge in [0.2, 0.25) is 47.3 Å². The molecule has 0 spiro atoms. The largest absolute Gasteiger partial charge is 0.481 e. The molecule has 1 aromatic carbocycles. The van der Waals surface area contributed by atoms with Gasteiger partial charge in [-0.15, -0.1) is 0 Å². The number of carboxylic acid groups (broad SMARTS) is 1. The summed E-state index contributed by atoms with van der Waals surface area (Å²) in [6.07, 6.45) is 0.792. The second-order valence-electron chi connectivity index (χ2n) is 19.8. The van der Waals surface area contributed by atoms with Gasteiger partial charge in [-0.2, -0.15) is 0 Å². The third-order valence-corrected chi connectivity index (χ3v) is 11.2. The van der Waals surface area contributed by atoms with Gasteiger partial charge >= 0.3 is 5.97 Å². The first-order valence-electron chi connectivity index (χ1n) is 24.9. The number of nitrogens with one attached hydrogen (secondary N) is 9. The van der Waals surface area contributed by atoms with Gasteiger partial charge in [-0.25, -0.2) is 0 Å². The summed E-state index contributed by atoms with van der Waals surface area (Å²) in [7, 11) is 0. The molecule has 24 nitrogen and oxygen atoms in total. The van der Waals surface area contributed by atoms with Crippen LogP contribution in [0.15, 0.2) is 29.3 Å². The van der Waals surface area contributed by atoms with Gasteiger partial charge in [0.15, 0.2) is 5.96 Å². The van der Waals surface area contributed by atoms with Crippen molar-refractivity contribution in [2.75, 3.05) is 13.1 Å². The lowest BCUT2D eigenvalue weighted by Crippen LogP contribution is -2.61. The molecule has 0 saturated heterocycles. The Kier molecular flexibility index (Phi) is 29.0. The van der Waals surface area contributed by atoms with Crippen molar-refractivity contribution in [1.29, 1.82) is 5.41 Å². The highest BCUT2D eigenvalue weighted by Crippen LogP contribution is 2.14. The van der Waals surface area contributed by atoms with Crippen LogP contribution in [0.5, 0.6) is 0 Å². The molecule has 73 heavy (non-hydrogen) atoms. The summed E-state index contributed by atoms with van der Waals surface area (Å²) in [5.74, 6) is -8.53. The van der Waals surface area contributed by atoms with E-state index in [0.717, 1.165) is 0 Å². The summed E-state index contributed by atoms with van der Waals surface area (Å²) in [5, 5.41) is 38.7. The molecule has 410 valence electrons. The number of benzene rings is 1. The van der Waals surface area contributed by atoms with Crippen LogP contribution in [0.2, 0.25) is 0 Å². The van der Waals surface area contributed by atoms with Crippen LogP contribution >= 0.6 is 0 Å². The van der Waals surface area contributed by atoms with Crippen LogP contribution in [0.1, 0.15) is 131 Å². The van der Waals surface area contributed by atoms with Crippen LogP contribution in [0, 0.1) is 29.1 Å². The van der Waals surface area contributed by atoms with E-state index in [2.05, 4.69) is 47.5 Å². The zero-order valence-corrected chi connectivity index (χ0v) is 44.0. The van der Waals surface area contributed by atoms with Crippen LogP contribution in [0.3, 0.4) is 0 Å². The van der Waals surface area contributed by atoms with Gasteiger partial charge in [0, 0.05) is 25.6 Å². The standard InChI is InChI=1S/C49H84N14O10/c1-26(2)21-35(57-30(9)64)44(69)60-36(22-27(3)4)45(70)61-37(23-28(5)6)46(71)62-38(24-39(65)66)47(72)58-34(14-12-20-55-49(53)54)43(68)63-40(29(7)8)48(73)59-33(13-10-11-19-50)42(67)56-25-31-15-17-32(18-16-31)41(51)52/h15-18,26-29,33-38,40H,10-14,19-25,50H2,1-9H3,(H3,51,52)(H,56,67)(H,57,64)(H,58,72)(H,59,73)(H,60,69)(H,61,70)(H,62,71)(H,63,68)(H,65,66)(H4,53,54,55)/t33-,34-,35-,36-,37-,38-,40-/m0/s1. The number of hydrogen-bond acceptors (Lipinski definition) is 12. The minimum atomic E-state index is -1.78. The number of carboxylic acids is 1. The van der Waals surface area contributed by atoms with E-state index < -0.39 is 108 Å². The number of aliphatic imine (C=N–C) groups is 1. The molecule has 7 atom stereocenters. The number of carbonyl (C=O) groups is 9. The van der Waals surface area contributed by atoms with Crippen LogP contribution in [-0.2, 0) is 49.7 Å². The summed E-state index contributed by atoms with van der Waals surface area (Å²) >= 11 is 0. The highest BCUT2D eigenvalue weighted by atomic mass is 16.4. The molecule has 0 aliphatic rings. The number of amides is 8. The molecule has 0 bridgehead atoms. The van der Waals surface area contributed by atoms with E-state index in [4.69, 9.17) is 28.3 Å². The molecule has 0 radical (unpaired) electrons. The number of guanidine groups is 1. The molecule has 1 aromatic rings. The molecule has 0 fully saturated rings. The predicted molar refractivity (Wildman–Crippen MR) is 277 cm³/mol. The van der Waals surface area contributed by atoms with Crippen molar-refractivity contribution in [2.45, 2.75) is 169 Å². The molecular formula is C49H84N14O10. The lowest BCUT2D eigenvalue weighted by atomic mass is 9.98. The maximum Gasteiger partial charge on any atom is 0.305 e. The van der Waals surface area contributed by atoms with E-state index in [0.29, 0.717) is 36.9 Å². The van der Waals surface area contributed by atoms with Crippen LogP contribution in [0.4, 0.5) is 0 Å². The summed E-state index contributed by atoms with van der Waals surface area (Å²) in [6.45, 7) is 16.0. The van der Waals surface area contributed by atoms with E-state index in [1.807, 2.05) is 27.7 Å². The Hall–Kier alpha value is -6.85. The van der Waals surface area contributed by atoms with Crippen molar-refractivity contribution in [3.63, 3.8) is 0 Å². The number of nitrogen functional groups attached to an aromatic ring is 1. The Morgan fingerprint density at radius 3 is 1.42 bits per heavy atom. The van der Waals surface area contributed by atoms with Gasteiger partial charge < -0.3 is 70.6 Å². The monoisotopic (exact) mass is 1030 g/mol. The summed E-state index contributed by atoms with van der Waals surface area (Å²) in [4.78, 5) is 125. The SMILES string of the molecule is CC(=O)N[C@@H](CC(C)C)C(=O)N[C@@H](CC(C)C)C(=O)N[C@@H](CC(C)C)C(=O)N[C@@H](CC(=O)O)C(=O)N[C@@H](CCCN=C(N)N)C(=O)N[C@H](C(=O)N[C@@H](CCCCN)C(=O)NCc1ccc(C(=N)N)cc1)C(C)C. The zero-order chi connectivity index (χ0) is 55.5. The lowest BCUT2D eigenvalue weighted by molar-refractivity contribution is -0.141. The predicted octanol–water partition coefficient (Wildman–Crippen LogP) is -0.548. The average Bonchev–Trinajstić information content (AvgIpc) is 3.28. The first kappa shape index (κ1) is 64.2. The second kappa shape index (κ2) is 33.0. The molecule has 0 aliphatic carbocycles. The van der Waals surface area contributed by atoms with Crippen molar-refractivity contribution in [1.82, 2.24) is 42.5 Å². The first-order valence-corrected chi connectivity index (χ1v) is 24.9. The number of amidine groups is 1. The number of carbonyl (C=O) groups excluding carboxylic acids is 8. The molecule has 1 rings (SSSR count). The minimum Gasteiger partial charge on any atom is -0.481 e. The maximum absolute atomic E-state index is 14.2. The third-order valence-electron chi connectivity index (χ3n) is 11.2. The second-order valence-corrected chi connectivity index (χ2v) is 19.8. The number of hydrogen-bond donors (Lipinski definition) is 14. The molecule has 0 aliphatic heterocycles. The van der Waals surface area contributed by atoms with E-state index in [9.17, 15) is 48.3 Å². The summed E-state index contributed by atoms with van der Waals surface area (Å²) < 4.78 is 0. The summed E-state index contributed by atoms with van der Waals surface area (Å²) in [6, 6.07) is -2.23. The van der Waals surface area contributed by atoms with Gasteiger partial charge in [0.25, 0.3) is 0 Å². The Labute approximate surface area is 429 Å². The number of nitrogens with zero attached hydrogens (tertiary/aromatic N) is 1. The smallest absolute Gasteiger partial charge is 0.305 e. The molecule has 18 N–H and O–H groups in total. The maximum atomic E-state index is 14.2. The van der Waals surface area contributed by atoms with Crippen LogP contribution < -0.4 is 65.5 Å². The molecule has 0 saturated carbocycles. The number of nitrogens with two attached hydrogens (primary N) is 4. The minimum absolute atomic E-state index is 0.0156. The van der Waals surface area contributed by atoms with Crippen LogP contribution in [-0.4, -0.2) is 126 Å². The Bertz CT molecular complexity index is 2040. The topological polar surface area (TPSA) is 410 Å². The van der Waals surface area contributed by atoms with Crippen molar-refractivity contribution < 1.29 is 48.3 Å². The van der Waals surface area contributed by atoms with E-state index in [-0.39, 0.29) is 74.7 Å². The van der Waals surface area contributed by atoms with Gasteiger partial charge in [-0.1, -0.05) is 79.7 Å². The number of rotatable bonds is 34. The highest BCUT2D eigenvalue weighted by Gasteiger charge is 2.36. The van der Waals surface area contributed by atoms with E-state index in [1.165, 1.54) is 6.92 Å². The number of unbranched alkanes of at least 4 members (excludes halogenated alkanes) is 1. The molecular weight excluding hydrogens is 945 g/mol. The van der Waals surface area contributed by atoms with E-state index >= 15 is 0 Å². The lowest BCUT2D eigenvalue weighted by Gasteiger charge is -2.29. The van der Waals surface area contributed by atoms with Gasteiger partial charge in [-0.3, -0.25) is 53.6 Å². The van der Waals surface area contributed by atoms with Crippen molar-refractivity contribution in [2.24, 2.45) is 51.6 Å². The highest BCUT2D eigenvalue weighted by molar-refractivity contribution is 5.99. The number of aliphatic carboxylic acids is 1. The molecule has 8 amide bonds. The van der Waals surface area contributed by atoms with Crippen molar-refractivity contribution in [3.8, 4) is 0 Å². The Morgan fingerprint density at radius 2 is 0.986 bits per heavy atom. The zero-order valence-electron chi connectivity index (χ0n) is 44.0.